The second kappa shape index (κ2) is 7.60. The van der Waals surface area contributed by atoms with Gasteiger partial charge in [-0.1, -0.05) is 83.4 Å². The maximum absolute atomic E-state index is 6.06. The molecule has 27 heavy (non-hydrogen) atoms. The lowest BCUT2D eigenvalue weighted by Crippen LogP contribution is -1.93. The minimum absolute atomic E-state index is 0.724. The number of benzene rings is 3. The van der Waals surface area contributed by atoms with Gasteiger partial charge in [-0.15, -0.1) is 0 Å². The summed E-state index contributed by atoms with van der Waals surface area (Å²) in [6.07, 6.45) is 0. The summed E-state index contributed by atoms with van der Waals surface area (Å²) in [6.45, 7) is 4.17. The summed E-state index contributed by atoms with van der Waals surface area (Å²) in [5, 5.41) is 0.724. The van der Waals surface area contributed by atoms with Gasteiger partial charge in [0.25, 0.3) is 0 Å². The van der Waals surface area contributed by atoms with Crippen molar-refractivity contribution in [3.63, 3.8) is 0 Å². The van der Waals surface area contributed by atoms with Crippen molar-refractivity contribution in [2.24, 2.45) is 0 Å². The molecular formula is C23H18ClN2P. The molecule has 2 nitrogen and oxygen atoms in total. The summed E-state index contributed by atoms with van der Waals surface area (Å²) in [7, 11) is 0.992. The van der Waals surface area contributed by atoms with E-state index in [9.17, 15) is 0 Å². The van der Waals surface area contributed by atoms with E-state index >= 15 is 0 Å². The van der Waals surface area contributed by atoms with E-state index in [2.05, 4.69) is 62.4 Å². The fraction of sp³-hybridized carbons (Fsp3) is 0.0870. The highest BCUT2D eigenvalue weighted by Gasteiger charge is 2.11. The third-order valence-corrected chi connectivity index (χ3v) is 5.75. The van der Waals surface area contributed by atoms with Gasteiger partial charge in [0.1, 0.15) is 10.9 Å². The first kappa shape index (κ1) is 17.9. The van der Waals surface area contributed by atoms with Gasteiger partial charge in [0.05, 0.1) is 0 Å². The van der Waals surface area contributed by atoms with Crippen molar-refractivity contribution in [2.75, 3.05) is 0 Å². The summed E-state index contributed by atoms with van der Waals surface area (Å²) < 4.78 is 0. The van der Waals surface area contributed by atoms with Crippen LogP contribution >= 0.6 is 19.8 Å². The molecule has 0 N–H and O–H groups in total. The van der Waals surface area contributed by atoms with E-state index in [0.29, 0.717) is 0 Å². The molecule has 1 aromatic heterocycles. The predicted molar refractivity (Wildman–Crippen MR) is 115 cm³/mol. The van der Waals surface area contributed by atoms with E-state index in [4.69, 9.17) is 21.6 Å². The normalized spacial score (nSPS) is 11.1. The van der Waals surface area contributed by atoms with Crippen LogP contribution in [0, 0.1) is 13.8 Å². The van der Waals surface area contributed by atoms with E-state index in [-0.39, 0.29) is 0 Å². The van der Waals surface area contributed by atoms with Gasteiger partial charge >= 0.3 is 0 Å². The largest absolute Gasteiger partial charge is 0.223 e. The number of nitrogens with zero attached hydrogens (tertiary/aromatic N) is 2. The molecule has 0 fully saturated rings. The monoisotopic (exact) mass is 388 g/mol. The number of aryl methyl sites for hydroxylation is 2. The molecule has 0 radical (unpaired) electrons. The van der Waals surface area contributed by atoms with Crippen LogP contribution in [0.15, 0.2) is 72.8 Å². The van der Waals surface area contributed by atoms with E-state index in [1.807, 2.05) is 24.3 Å². The topological polar surface area (TPSA) is 25.8 Å². The Morgan fingerprint density at radius 2 is 1.00 bits per heavy atom. The molecule has 0 atom stereocenters. The Morgan fingerprint density at radius 1 is 0.593 bits per heavy atom. The molecule has 0 saturated carbocycles. The summed E-state index contributed by atoms with van der Waals surface area (Å²) in [5.74, 6) is 0.745. The molecule has 0 unspecified atom stereocenters. The number of halogens is 1. The number of hydrogen-bond acceptors (Lipinski definition) is 2. The van der Waals surface area contributed by atoms with Crippen molar-refractivity contribution >= 4 is 19.8 Å². The van der Waals surface area contributed by atoms with Crippen LogP contribution in [0.3, 0.4) is 0 Å². The third-order valence-electron chi connectivity index (χ3n) is 4.36. The average Bonchev–Trinajstić information content (AvgIpc) is 2.69. The maximum Gasteiger partial charge on any atom is 0.161 e. The molecule has 3 aromatic carbocycles. The van der Waals surface area contributed by atoms with Crippen molar-refractivity contribution in [1.29, 1.82) is 0 Å². The highest BCUT2D eigenvalue weighted by atomic mass is 35.5. The summed E-state index contributed by atoms with van der Waals surface area (Å²) in [4.78, 5) is 9.75. The van der Waals surface area contributed by atoms with Crippen LogP contribution in [-0.4, -0.2) is 9.97 Å². The van der Waals surface area contributed by atoms with Crippen molar-refractivity contribution in [2.45, 2.75) is 13.8 Å². The van der Waals surface area contributed by atoms with Crippen molar-refractivity contribution in [1.82, 2.24) is 9.97 Å². The van der Waals surface area contributed by atoms with Gasteiger partial charge in [0.2, 0.25) is 0 Å². The second-order valence-corrected chi connectivity index (χ2v) is 8.05. The van der Waals surface area contributed by atoms with Crippen LogP contribution in [0.1, 0.15) is 11.1 Å². The summed E-state index contributed by atoms with van der Waals surface area (Å²) in [6, 6.07) is 24.6. The van der Waals surface area contributed by atoms with Crippen molar-refractivity contribution in [3.05, 3.63) is 88.9 Å². The fourth-order valence-corrected chi connectivity index (χ4v) is 3.94. The SMILES string of the molecule is Cc1ccc(-c2nc(-c3ccc(C)cc3)pc(-c3ccc(Cl)cc3)n2)cc1. The quantitative estimate of drug-likeness (QED) is 0.367. The number of hydrogen-bond donors (Lipinski definition) is 0. The first-order valence-electron chi connectivity index (χ1n) is 8.74. The predicted octanol–water partition coefficient (Wildman–Crippen LogP) is 7.33. The molecule has 0 bridgehead atoms. The van der Waals surface area contributed by atoms with E-state index in [0.717, 1.165) is 46.6 Å². The number of rotatable bonds is 3. The Bertz CT molecular complexity index is 919. The van der Waals surface area contributed by atoms with Crippen LogP contribution in [0.25, 0.3) is 33.4 Å². The van der Waals surface area contributed by atoms with Crippen LogP contribution in [0.5, 0.6) is 0 Å². The van der Waals surface area contributed by atoms with Gasteiger partial charge < -0.3 is 0 Å². The van der Waals surface area contributed by atoms with Crippen LogP contribution in [0.2, 0.25) is 5.02 Å². The van der Waals surface area contributed by atoms with Crippen molar-refractivity contribution in [3.8, 4) is 33.4 Å². The van der Waals surface area contributed by atoms with Crippen LogP contribution in [-0.2, 0) is 0 Å². The lowest BCUT2D eigenvalue weighted by Gasteiger charge is -2.09. The van der Waals surface area contributed by atoms with Gasteiger partial charge in [-0.05, 0) is 34.2 Å². The Morgan fingerprint density at radius 3 is 1.48 bits per heavy atom. The zero-order valence-electron chi connectivity index (χ0n) is 15.1. The number of aromatic nitrogens is 2. The lowest BCUT2D eigenvalue weighted by atomic mass is 10.1. The van der Waals surface area contributed by atoms with Gasteiger partial charge in [0, 0.05) is 21.7 Å². The third kappa shape index (κ3) is 4.08. The van der Waals surface area contributed by atoms with Gasteiger partial charge in [-0.25, -0.2) is 9.97 Å². The molecule has 4 rings (SSSR count). The minimum atomic E-state index is 0.724. The van der Waals surface area contributed by atoms with E-state index in [1.54, 1.807) is 0 Å². The zero-order valence-corrected chi connectivity index (χ0v) is 16.8. The van der Waals surface area contributed by atoms with Gasteiger partial charge in [0.15, 0.2) is 5.82 Å². The first-order valence-corrected chi connectivity index (χ1v) is 10.0. The Hall–Kier alpha value is -2.54. The van der Waals surface area contributed by atoms with E-state index in [1.165, 1.54) is 11.1 Å². The molecule has 0 aliphatic heterocycles. The lowest BCUT2D eigenvalue weighted by molar-refractivity contribution is 1.23. The molecule has 0 spiro atoms. The smallest absolute Gasteiger partial charge is 0.161 e. The first-order chi connectivity index (χ1) is 13.1. The molecule has 132 valence electrons. The highest BCUT2D eigenvalue weighted by molar-refractivity contribution is 7.37. The molecule has 1 heterocycles. The average molecular weight is 389 g/mol. The van der Waals surface area contributed by atoms with Crippen molar-refractivity contribution < 1.29 is 0 Å². The summed E-state index contributed by atoms with van der Waals surface area (Å²) >= 11 is 6.06. The maximum atomic E-state index is 6.06. The molecule has 0 aliphatic rings. The van der Waals surface area contributed by atoms with E-state index < -0.39 is 0 Å². The van der Waals surface area contributed by atoms with Gasteiger partial charge in [-0.2, -0.15) is 0 Å². The zero-order chi connectivity index (χ0) is 18.8. The highest BCUT2D eigenvalue weighted by Crippen LogP contribution is 2.36. The molecule has 0 saturated heterocycles. The minimum Gasteiger partial charge on any atom is -0.223 e. The Kier molecular flexibility index (Phi) is 5.03. The molecule has 4 heteroatoms. The molecule has 4 aromatic rings. The second-order valence-electron chi connectivity index (χ2n) is 6.55. The summed E-state index contributed by atoms with van der Waals surface area (Å²) in [5.41, 5.74) is 7.64. The standard InChI is InChI=1S/C23H18ClN2P/c1-15-3-7-17(8-4-15)21-25-22(18-9-5-16(2)6-10-18)27-23(26-21)19-11-13-20(24)14-12-19/h3-14H,1-2H3. The Balaban J connectivity index is 1.89. The van der Waals surface area contributed by atoms with Crippen LogP contribution < -0.4 is 0 Å². The Labute approximate surface area is 166 Å². The molecule has 0 amide bonds. The van der Waals surface area contributed by atoms with Gasteiger partial charge in [-0.3, -0.25) is 0 Å². The van der Waals surface area contributed by atoms with Crippen LogP contribution in [0.4, 0.5) is 0 Å². The molecular weight excluding hydrogens is 371 g/mol. The molecule has 0 aliphatic carbocycles. The fourth-order valence-electron chi connectivity index (χ4n) is 2.77.